The third-order valence-electron chi connectivity index (χ3n) is 5.11. The SMILES string of the molecule is Cc1nn(Cc2cccc(-c3nc4c5cnn(C)c5ncn4n3)c2)c(C)c1[N+](=O)[O-]. The van der Waals surface area contributed by atoms with Crippen LogP contribution in [-0.4, -0.2) is 44.1 Å². The number of aromatic nitrogens is 8. The second-order valence-corrected chi connectivity index (χ2v) is 7.09. The first-order valence-corrected chi connectivity index (χ1v) is 9.23. The quantitative estimate of drug-likeness (QED) is 0.334. The summed E-state index contributed by atoms with van der Waals surface area (Å²) in [6.45, 7) is 3.76. The fraction of sp³-hybridized carbons (Fsp3) is 0.211. The van der Waals surface area contributed by atoms with Gasteiger partial charge in [0, 0.05) is 12.6 Å². The van der Waals surface area contributed by atoms with E-state index in [2.05, 4.69) is 25.3 Å². The fourth-order valence-corrected chi connectivity index (χ4v) is 3.65. The minimum Gasteiger partial charge on any atom is -0.258 e. The summed E-state index contributed by atoms with van der Waals surface area (Å²) in [5.74, 6) is 0.564. The molecular formula is C19H17N9O2. The van der Waals surface area contributed by atoms with Gasteiger partial charge in [0.2, 0.25) is 0 Å². The molecule has 0 aliphatic rings. The van der Waals surface area contributed by atoms with Crippen molar-refractivity contribution in [2.45, 2.75) is 20.4 Å². The second kappa shape index (κ2) is 6.44. The van der Waals surface area contributed by atoms with Crippen molar-refractivity contribution in [2.75, 3.05) is 0 Å². The highest BCUT2D eigenvalue weighted by molar-refractivity contribution is 5.89. The molecule has 5 aromatic rings. The first kappa shape index (κ1) is 17.9. The summed E-state index contributed by atoms with van der Waals surface area (Å²) in [5.41, 5.74) is 4.19. The van der Waals surface area contributed by atoms with Crippen LogP contribution in [0.1, 0.15) is 17.0 Å². The summed E-state index contributed by atoms with van der Waals surface area (Å²) in [6, 6.07) is 7.75. The van der Waals surface area contributed by atoms with Crippen LogP contribution in [0.2, 0.25) is 0 Å². The van der Waals surface area contributed by atoms with Crippen molar-refractivity contribution in [1.82, 2.24) is 39.1 Å². The van der Waals surface area contributed by atoms with Crippen LogP contribution in [0.25, 0.3) is 28.1 Å². The Morgan fingerprint density at radius 3 is 2.77 bits per heavy atom. The normalized spacial score (nSPS) is 11.6. The van der Waals surface area contributed by atoms with Crippen LogP contribution >= 0.6 is 0 Å². The monoisotopic (exact) mass is 403 g/mol. The molecule has 0 aliphatic heterocycles. The number of nitrogens with zero attached hydrogens (tertiary/aromatic N) is 9. The van der Waals surface area contributed by atoms with Crippen molar-refractivity contribution in [3.63, 3.8) is 0 Å². The van der Waals surface area contributed by atoms with Gasteiger partial charge in [-0.05, 0) is 25.5 Å². The van der Waals surface area contributed by atoms with Gasteiger partial charge in [-0.3, -0.25) is 19.5 Å². The van der Waals surface area contributed by atoms with Gasteiger partial charge in [-0.2, -0.15) is 10.2 Å². The Kier molecular flexibility index (Phi) is 3.85. The molecule has 5 rings (SSSR count). The lowest BCUT2D eigenvalue weighted by Crippen LogP contribution is -2.04. The molecule has 4 heterocycles. The maximum Gasteiger partial charge on any atom is 0.312 e. The molecule has 0 unspecified atom stereocenters. The van der Waals surface area contributed by atoms with E-state index in [0.29, 0.717) is 29.4 Å². The highest BCUT2D eigenvalue weighted by Crippen LogP contribution is 2.24. The Morgan fingerprint density at radius 1 is 1.17 bits per heavy atom. The molecule has 0 aliphatic carbocycles. The molecule has 0 radical (unpaired) electrons. The van der Waals surface area contributed by atoms with Crippen LogP contribution in [0.5, 0.6) is 0 Å². The van der Waals surface area contributed by atoms with Crippen LogP contribution in [0.4, 0.5) is 5.69 Å². The Hall–Kier alpha value is -4.15. The van der Waals surface area contributed by atoms with Crippen molar-refractivity contribution in [3.8, 4) is 11.4 Å². The first-order valence-electron chi connectivity index (χ1n) is 9.23. The fourth-order valence-electron chi connectivity index (χ4n) is 3.65. The van der Waals surface area contributed by atoms with Crippen molar-refractivity contribution >= 4 is 22.4 Å². The minimum absolute atomic E-state index is 0.0566. The molecule has 150 valence electrons. The predicted octanol–water partition coefficient (Wildman–Crippen LogP) is 2.45. The van der Waals surface area contributed by atoms with Gasteiger partial charge in [-0.1, -0.05) is 18.2 Å². The predicted molar refractivity (Wildman–Crippen MR) is 108 cm³/mol. The molecule has 0 fully saturated rings. The summed E-state index contributed by atoms with van der Waals surface area (Å²) in [6.07, 6.45) is 3.34. The highest BCUT2D eigenvalue weighted by atomic mass is 16.6. The first-order chi connectivity index (χ1) is 14.4. The van der Waals surface area contributed by atoms with Crippen molar-refractivity contribution in [2.24, 2.45) is 7.05 Å². The molecule has 11 nitrogen and oxygen atoms in total. The Balaban J connectivity index is 1.53. The molecule has 0 N–H and O–H groups in total. The summed E-state index contributed by atoms with van der Waals surface area (Å²) in [4.78, 5) is 19.9. The number of rotatable bonds is 4. The lowest BCUT2D eigenvalue weighted by atomic mass is 10.1. The van der Waals surface area contributed by atoms with E-state index >= 15 is 0 Å². The highest BCUT2D eigenvalue weighted by Gasteiger charge is 2.22. The van der Waals surface area contributed by atoms with E-state index < -0.39 is 4.92 Å². The van der Waals surface area contributed by atoms with E-state index in [9.17, 15) is 10.1 Å². The van der Waals surface area contributed by atoms with Crippen molar-refractivity contribution < 1.29 is 4.92 Å². The molecule has 0 atom stereocenters. The van der Waals surface area contributed by atoms with Gasteiger partial charge >= 0.3 is 5.69 Å². The largest absolute Gasteiger partial charge is 0.312 e. The standard InChI is InChI=1S/C19H17N9O2/c1-11-16(28(29)30)12(2)26(23-11)9-13-5-4-6-14(7-13)17-22-19-15-8-21-25(3)18(15)20-10-27(19)24-17/h4-8,10H,9H2,1-3H3. The zero-order valence-electron chi connectivity index (χ0n) is 16.5. The van der Waals surface area contributed by atoms with Crippen molar-refractivity contribution in [3.05, 3.63) is 63.9 Å². The topological polar surface area (TPSA) is 122 Å². The van der Waals surface area contributed by atoms with E-state index in [1.807, 2.05) is 31.3 Å². The van der Waals surface area contributed by atoms with Gasteiger partial charge in [0.1, 0.15) is 17.7 Å². The van der Waals surface area contributed by atoms with E-state index in [-0.39, 0.29) is 5.69 Å². The molecule has 11 heteroatoms. The van der Waals surface area contributed by atoms with E-state index in [4.69, 9.17) is 0 Å². The molecular weight excluding hydrogens is 386 g/mol. The van der Waals surface area contributed by atoms with Crippen LogP contribution in [0, 0.1) is 24.0 Å². The molecule has 30 heavy (non-hydrogen) atoms. The number of fused-ring (bicyclic) bond motifs is 3. The molecule has 0 saturated heterocycles. The minimum atomic E-state index is -0.390. The Labute approximate surface area is 169 Å². The van der Waals surface area contributed by atoms with Gasteiger partial charge in [0.25, 0.3) is 0 Å². The van der Waals surface area contributed by atoms with Gasteiger partial charge in [0.05, 0.1) is 23.1 Å². The third-order valence-corrected chi connectivity index (χ3v) is 5.11. The molecule has 4 aromatic heterocycles. The zero-order valence-corrected chi connectivity index (χ0v) is 16.5. The Morgan fingerprint density at radius 2 is 2.00 bits per heavy atom. The van der Waals surface area contributed by atoms with Crippen molar-refractivity contribution in [1.29, 1.82) is 0 Å². The van der Waals surface area contributed by atoms with Gasteiger partial charge < -0.3 is 0 Å². The van der Waals surface area contributed by atoms with Crippen LogP contribution in [0.15, 0.2) is 36.8 Å². The zero-order chi connectivity index (χ0) is 21.0. The Bertz CT molecular complexity index is 1440. The lowest BCUT2D eigenvalue weighted by molar-refractivity contribution is -0.386. The third kappa shape index (κ3) is 2.70. The smallest absolute Gasteiger partial charge is 0.258 e. The van der Waals surface area contributed by atoms with Crippen LogP contribution in [0.3, 0.4) is 0 Å². The average Bonchev–Trinajstić information content (AvgIpc) is 3.38. The van der Waals surface area contributed by atoms with Crippen LogP contribution < -0.4 is 0 Å². The summed E-state index contributed by atoms with van der Waals surface area (Å²) in [5, 5.41) is 25.2. The van der Waals surface area contributed by atoms with Gasteiger partial charge in [-0.25, -0.2) is 14.5 Å². The maximum atomic E-state index is 11.2. The molecule has 1 aromatic carbocycles. The molecule has 0 bridgehead atoms. The van der Waals surface area contributed by atoms with E-state index in [1.54, 1.807) is 40.3 Å². The second-order valence-electron chi connectivity index (χ2n) is 7.09. The van der Waals surface area contributed by atoms with Gasteiger partial charge in [0.15, 0.2) is 17.1 Å². The average molecular weight is 403 g/mol. The summed E-state index contributed by atoms with van der Waals surface area (Å²) >= 11 is 0. The number of hydrogen-bond donors (Lipinski definition) is 0. The molecule has 0 spiro atoms. The number of nitro groups is 1. The summed E-state index contributed by atoms with van der Waals surface area (Å²) < 4.78 is 4.97. The molecule has 0 amide bonds. The number of aryl methyl sites for hydroxylation is 2. The summed E-state index contributed by atoms with van der Waals surface area (Å²) in [7, 11) is 1.83. The molecule has 0 saturated carbocycles. The maximum absolute atomic E-state index is 11.2. The van der Waals surface area contributed by atoms with E-state index in [0.717, 1.165) is 22.2 Å². The van der Waals surface area contributed by atoms with E-state index in [1.165, 1.54) is 0 Å². The number of benzene rings is 1. The van der Waals surface area contributed by atoms with Crippen LogP contribution in [-0.2, 0) is 13.6 Å². The number of hydrogen-bond acceptors (Lipinski definition) is 7. The lowest BCUT2D eigenvalue weighted by Gasteiger charge is -2.05. The van der Waals surface area contributed by atoms with Gasteiger partial charge in [-0.15, -0.1) is 5.10 Å².